The zero-order valence-electron chi connectivity index (χ0n) is 20.7. The molecule has 2 aromatic heterocycles. The lowest BCUT2D eigenvalue weighted by atomic mass is 10.2. The van der Waals surface area contributed by atoms with Crippen LogP contribution in [0.25, 0.3) is 5.69 Å². The van der Waals surface area contributed by atoms with Gasteiger partial charge in [-0.1, -0.05) is 17.7 Å². The highest BCUT2D eigenvalue weighted by Crippen LogP contribution is 2.23. The molecule has 1 saturated heterocycles. The van der Waals surface area contributed by atoms with Gasteiger partial charge in [0.1, 0.15) is 5.82 Å². The zero-order chi connectivity index (χ0) is 24.9. The Labute approximate surface area is 205 Å². The number of aryl methyl sites for hydroxylation is 2. The van der Waals surface area contributed by atoms with Crippen LogP contribution in [0.15, 0.2) is 42.6 Å². The number of amides is 1. The highest BCUT2D eigenvalue weighted by atomic mass is 16.5. The Kier molecular flexibility index (Phi) is 7.45. The standard InChI is InChI=1S/C26H32N6O3/c1-5-35-26(34)21-8-11-23(27-16-21)31-14-12-30(13-15-31)17-24(33)28-25-19(3)29-32(20(25)4)22-9-6-18(2)7-10-22/h6-11,16H,5,12-15,17H2,1-4H3,(H,28,33). The molecule has 3 aromatic rings. The Morgan fingerprint density at radius 3 is 2.34 bits per heavy atom. The molecule has 35 heavy (non-hydrogen) atoms. The molecule has 1 N–H and O–H groups in total. The molecule has 0 bridgehead atoms. The summed E-state index contributed by atoms with van der Waals surface area (Å²) in [5, 5.41) is 7.69. The molecule has 0 aliphatic carbocycles. The molecular weight excluding hydrogens is 444 g/mol. The number of hydrogen-bond donors (Lipinski definition) is 1. The number of pyridine rings is 1. The monoisotopic (exact) mass is 476 g/mol. The molecule has 1 fully saturated rings. The summed E-state index contributed by atoms with van der Waals surface area (Å²) >= 11 is 0. The lowest BCUT2D eigenvalue weighted by Gasteiger charge is -2.35. The van der Waals surface area contributed by atoms with E-state index in [0.717, 1.165) is 54.8 Å². The summed E-state index contributed by atoms with van der Waals surface area (Å²) < 4.78 is 6.87. The number of nitrogens with zero attached hydrogens (tertiary/aromatic N) is 5. The van der Waals surface area contributed by atoms with E-state index < -0.39 is 0 Å². The van der Waals surface area contributed by atoms with Crippen LogP contribution in [0.3, 0.4) is 0 Å². The highest BCUT2D eigenvalue weighted by molar-refractivity contribution is 5.93. The molecular formula is C26H32N6O3. The van der Waals surface area contributed by atoms with Crippen molar-refractivity contribution in [1.29, 1.82) is 0 Å². The van der Waals surface area contributed by atoms with Gasteiger partial charge in [-0.3, -0.25) is 9.69 Å². The van der Waals surface area contributed by atoms with Crippen molar-refractivity contribution >= 4 is 23.4 Å². The SMILES string of the molecule is CCOC(=O)c1ccc(N2CCN(CC(=O)Nc3c(C)nn(-c4ccc(C)cc4)c3C)CC2)nc1. The fourth-order valence-electron chi connectivity index (χ4n) is 4.19. The first kappa shape index (κ1) is 24.4. The number of carbonyl (C=O) groups is 2. The van der Waals surface area contributed by atoms with Crippen LogP contribution in [0.4, 0.5) is 11.5 Å². The average Bonchev–Trinajstić information content (AvgIpc) is 3.13. The molecule has 9 nitrogen and oxygen atoms in total. The van der Waals surface area contributed by atoms with Crippen molar-refractivity contribution in [2.24, 2.45) is 0 Å². The smallest absolute Gasteiger partial charge is 0.339 e. The Hall–Kier alpha value is -3.72. The van der Waals surface area contributed by atoms with Crippen LogP contribution in [0, 0.1) is 20.8 Å². The number of benzene rings is 1. The second kappa shape index (κ2) is 10.7. The summed E-state index contributed by atoms with van der Waals surface area (Å²) in [6.07, 6.45) is 1.55. The molecule has 1 amide bonds. The van der Waals surface area contributed by atoms with Crippen LogP contribution >= 0.6 is 0 Å². The van der Waals surface area contributed by atoms with Crippen molar-refractivity contribution < 1.29 is 14.3 Å². The van der Waals surface area contributed by atoms with Crippen molar-refractivity contribution in [3.05, 3.63) is 65.1 Å². The van der Waals surface area contributed by atoms with Crippen LogP contribution in [0.2, 0.25) is 0 Å². The van der Waals surface area contributed by atoms with Crippen LogP contribution in [0.1, 0.15) is 34.2 Å². The van der Waals surface area contributed by atoms with Crippen LogP contribution < -0.4 is 10.2 Å². The van der Waals surface area contributed by atoms with E-state index in [1.807, 2.05) is 48.9 Å². The second-order valence-electron chi connectivity index (χ2n) is 8.73. The number of rotatable bonds is 7. The van der Waals surface area contributed by atoms with Gasteiger partial charge in [0.2, 0.25) is 5.91 Å². The topological polar surface area (TPSA) is 92.6 Å². The minimum atomic E-state index is -0.364. The maximum absolute atomic E-state index is 12.8. The quantitative estimate of drug-likeness (QED) is 0.524. The predicted molar refractivity (Wildman–Crippen MR) is 135 cm³/mol. The number of nitrogens with one attached hydrogen (secondary N) is 1. The molecule has 1 aromatic carbocycles. The summed E-state index contributed by atoms with van der Waals surface area (Å²) in [4.78, 5) is 33.3. The van der Waals surface area contributed by atoms with Gasteiger partial charge >= 0.3 is 5.97 Å². The normalized spacial score (nSPS) is 14.1. The number of piperazine rings is 1. The number of hydrogen-bond acceptors (Lipinski definition) is 7. The first-order valence-corrected chi connectivity index (χ1v) is 11.9. The van der Waals surface area contributed by atoms with Gasteiger partial charge in [0.05, 0.1) is 41.5 Å². The summed E-state index contributed by atoms with van der Waals surface area (Å²) in [5.41, 5.74) is 5.06. The summed E-state index contributed by atoms with van der Waals surface area (Å²) in [6, 6.07) is 11.7. The number of carbonyl (C=O) groups excluding carboxylic acids is 2. The molecule has 1 aliphatic rings. The third-order valence-corrected chi connectivity index (χ3v) is 6.16. The van der Waals surface area contributed by atoms with E-state index in [1.165, 1.54) is 5.56 Å². The number of esters is 1. The summed E-state index contributed by atoms with van der Waals surface area (Å²) in [7, 11) is 0. The van der Waals surface area contributed by atoms with Crippen molar-refractivity contribution in [3.8, 4) is 5.69 Å². The Bertz CT molecular complexity index is 1180. The Balaban J connectivity index is 1.31. The van der Waals surface area contributed by atoms with Gasteiger partial charge in [-0.25, -0.2) is 14.5 Å². The van der Waals surface area contributed by atoms with Crippen LogP contribution in [0.5, 0.6) is 0 Å². The first-order chi connectivity index (χ1) is 16.9. The highest BCUT2D eigenvalue weighted by Gasteiger charge is 2.22. The minimum absolute atomic E-state index is 0.0509. The lowest BCUT2D eigenvalue weighted by molar-refractivity contribution is -0.117. The molecule has 3 heterocycles. The largest absolute Gasteiger partial charge is 0.462 e. The fraction of sp³-hybridized carbons (Fsp3) is 0.385. The van der Waals surface area contributed by atoms with Crippen molar-refractivity contribution in [3.63, 3.8) is 0 Å². The van der Waals surface area contributed by atoms with Crippen LogP contribution in [-0.2, 0) is 9.53 Å². The molecule has 0 saturated carbocycles. The van der Waals surface area contributed by atoms with E-state index in [4.69, 9.17) is 4.74 Å². The Morgan fingerprint density at radius 2 is 1.71 bits per heavy atom. The molecule has 0 atom stereocenters. The minimum Gasteiger partial charge on any atom is -0.462 e. The van der Waals surface area contributed by atoms with Gasteiger partial charge in [-0.15, -0.1) is 0 Å². The first-order valence-electron chi connectivity index (χ1n) is 11.9. The number of aromatic nitrogens is 3. The average molecular weight is 477 g/mol. The van der Waals surface area contributed by atoms with Gasteiger partial charge in [0, 0.05) is 32.4 Å². The molecule has 0 radical (unpaired) electrons. The van der Waals surface area contributed by atoms with E-state index in [9.17, 15) is 9.59 Å². The van der Waals surface area contributed by atoms with Gasteiger partial charge in [-0.05, 0) is 52.0 Å². The molecule has 184 valence electrons. The summed E-state index contributed by atoms with van der Waals surface area (Å²) in [5.74, 6) is 0.402. The number of anilines is 2. The van der Waals surface area contributed by atoms with Gasteiger partial charge in [0.15, 0.2) is 0 Å². The second-order valence-corrected chi connectivity index (χ2v) is 8.73. The molecule has 9 heteroatoms. The lowest BCUT2D eigenvalue weighted by Crippen LogP contribution is -2.49. The third-order valence-electron chi connectivity index (χ3n) is 6.16. The van der Waals surface area contributed by atoms with E-state index >= 15 is 0 Å². The van der Waals surface area contributed by atoms with Gasteiger partial charge in [-0.2, -0.15) is 5.10 Å². The fourth-order valence-corrected chi connectivity index (χ4v) is 4.19. The van der Waals surface area contributed by atoms with E-state index in [-0.39, 0.29) is 11.9 Å². The number of ether oxygens (including phenoxy) is 1. The molecule has 0 unspecified atom stereocenters. The Morgan fingerprint density at radius 1 is 1.00 bits per heavy atom. The van der Waals surface area contributed by atoms with E-state index in [1.54, 1.807) is 19.2 Å². The molecule has 0 spiro atoms. The third kappa shape index (κ3) is 5.68. The van der Waals surface area contributed by atoms with Crippen LogP contribution in [-0.4, -0.2) is 70.9 Å². The van der Waals surface area contributed by atoms with E-state index in [2.05, 4.69) is 32.1 Å². The van der Waals surface area contributed by atoms with Gasteiger partial charge < -0.3 is 15.0 Å². The predicted octanol–water partition coefficient (Wildman–Crippen LogP) is 3.13. The molecule has 1 aliphatic heterocycles. The van der Waals surface area contributed by atoms with Crippen molar-refractivity contribution in [2.45, 2.75) is 27.7 Å². The van der Waals surface area contributed by atoms with Crippen molar-refractivity contribution in [2.75, 3.05) is 49.5 Å². The maximum atomic E-state index is 12.8. The van der Waals surface area contributed by atoms with Crippen molar-refractivity contribution in [1.82, 2.24) is 19.7 Å². The maximum Gasteiger partial charge on any atom is 0.339 e. The summed E-state index contributed by atoms with van der Waals surface area (Å²) in [6.45, 7) is 11.4. The zero-order valence-corrected chi connectivity index (χ0v) is 20.7. The van der Waals surface area contributed by atoms with E-state index in [0.29, 0.717) is 18.7 Å². The molecule has 4 rings (SSSR count). The van der Waals surface area contributed by atoms with Gasteiger partial charge in [0.25, 0.3) is 0 Å².